The molecule has 0 atom stereocenters. The topological polar surface area (TPSA) is 17.1 Å². The Bertz CT molecular complexity index is 127. The van der Waals surface area contributed by atoms with Gasteiger partial charge in [0, 0.05) is 0 Å². The first-order valence-corrected chi connectivity index (χ1v) is 4.10. The van der Waals surface area contributed by atoms with Crippen molar-refractivity contribution < 1.29 is 13.0 Å². The van der Waals surface area contributed by atoms with Crippen LogP contribution in [-0.2, 0) is 10.8 Å². The van der Waals surface area contributed by atoms with Crippen molar-refractivity contribution in [2.24, 2.45) is 0 Å². The lowest BCUT2D eigenvalue weighted by molar-refractivity contribution is 0.286. The van der Waals surface area contributed by atoms with Gasteiger partial charge in [0.1, 0.15) is 0 Å². The molecule has 10 heavy (non-hydrogen) atoms. The van der Waals surface area contributed by atoms with Crippen molar-refractivity contribution in [3.05, 3.63) is 0 Å². The zero-order chi connectivity index (χ0) is 8.58. The molecule has 0 unspecified atom stereocenters. The van der Waals surface area contributed by atoms with Crippen molar-refractivity contribution in [1.29, 1.82) is 0 Å². The monoisotopic (exact) mass is 170 g/mol. The normalized spacial score (nSPS) is 14.3. The summed E-state index contributed by atoms with van der Waals surface area (Å²) in [6.07, 6.45) is 0. The Morgan fingerprint density at radius 2 is 1.20 bits per heavy atom. The van der Waals surface area contributed by atoms with E-state index in [1.807, 2.05) is 0 Å². The van der Waals surface area contributed by atoms with Crippen LogP contribution in [0.5, 0.6) is 0 Å². The zero-order valence-electron chi connectivity index (χ0n) is 6.57. The smallest absolute Gasteiger partial charge is 0.182 e. The van der Waals surface area contributed by atoms with Gasteiger partial charge in [0.05, 0.1) is 10.8 Å². The van der Waals surface area contributed by atoms with E-state index < -0.39 is 20.8 Å². The SMILES string of the molecule is CC(C)(F)S(=O)C(C)(C)F. The Kier molecular flexibility index (Phi) is 2.57. The third kappa shape index (κ3) is 2.73. The fraction of sp³-hybridized carbons (Fsp3) is 1.00. The highest BCUT2D eigenvalue weighted by Crippen LogP contribution is 2.26. The van der Waals surface area contributed by atoms with Crippen molar-refractivity contribution in [2.45, 2.75) is 37.7 Å². The molecule has 0 aromatic heterocycles. The van der Waals surface area contributed by atoms with E-state index in [1.54, 1.807) is 0 Å². The van der Waals surface area contributed by atoms with Crippen LogP contribution in [0, 0.1) is 0 Å². The number of hydrogen-bond donors (Lipinski definition) is 0. The molecule has 1 nitrogen and oxygen atoms in total. The third-order valence-electron chi connectivity index (χ3n) is 0.882. The number of alkyl halides is 2. The maximum Gasteiger partial charge on any atom is 0.182 e. The van der Waals surface area contributed by atoms with Crippen LogP contribution in [0.4, 0.5) is 8.78 Å². The highest BCUT2D eigenvalue weighted by Gasteiger charge is 2.37. The molecular weight excluding hydrogens is 158 g/mol. The third-order valence-corrected chi connectivity index (χ3v) is 2.65. The molecular formula is C6H12F2OS. The molecule has 0 fully saturated rings. The van der Waals surface area contributed by atoms with Crippen molar-refractivity contribution in [2.75, 3.05) is 0 Å². The molecule has 0 spiro atoms. The van der Waals surface area contributed by atoms with Crippen LogP contribution in [0.2, 0.25) is 0 Å². The van der Waals surface area contributed by atoms with Gasteiger partial charge in [-0.2, -0.15) is 0 Å². The van der Waals surface area contributed by atoms with E-state index in [1.165, 1.54) is 0 Å². The molecule has 0 aromatic rings. The number of hydrogen-bond acceptors (Lipinski definition) is 1. The molecule has 0 N–H and O–H groups in total. The summed E-state index contributed by atoms with van der Waals surface area (Å²) in [4.78, 5) is 0. The summed E-state index contributed by atoms with van der Waals surface area (Å²) < 4.78 is 36.3. The second-order valence-corrected chi connectivity index (χ2v) is 5.47. The van der Waals surface area contributed by atoms with Crippen LogP contribution in [0.15, 0.2) is 0 Å². The van der Waals surface area contributed by atoms with Gasteiger partial charge in [0.25, 0.3) is 0 Å². The van der Waals surface area contributed by atoms with E-state index in [2.05, 4.69) is 0 Å². The molecule has 0 aromatic carbocycles. The Morgan fingerprint density at radius 1 is 1.00 bits per heavy atom. The molecule has 0 rings (SSSR count). The summed E-state index contributed by atoms with van der Waals surface area (Å²) in [7, 11) is -2.09. The molecule has 0 aliphatic heterocycles. The van der Waals surface area contributed by atoms with Crippen LogP contribution in [0.3, 0.4) is 0 Å². The van der Waals surface area contributed by atoms with Gasteiger partial charge in [-0.05, 0) is 27.7 Å². The quantitative estimate of drug-likeness (QED) is 0.620. The van der Waals surface area contributed by atoms with E-state index in [-0.39, 0.29) is 0 Å². The van der Waals surface area contributed by atoms with E-state index in [0.717, 1.165) is 27.7 Å². The molecule has 62 valence electrons. The number of halogens is 2. The van der Waals surface area contributed by atoms with E-state index in [0.29, 0.717) is 0 Å². The first-order chi connectivity index (χ1) is 4.15. The fourth-order valence-electron chi connectivity index (χ4n) is 0.577. The lowest BCUT2D eigenvalue weighted by Gasteiger charge is -2.21. The lowest BCUT2D eigenvalue weighted by atomic mass is 10.5. The minimum Gasteiger partial charge on any atom is -0.253 e. The van der Waals surface area contributed by atoms with Crippen LogP contribution >= 0.6 is 0 Å². The summed E-state index contributed by atoms with van der Waals surface area (Å²) >= 11 is 0. The van der Waals surface area contributed by atoms with Gasteiger partial charge in [0.15, 0.2) is 10.0 Å². The summed E-state index contributed by atoms with van der Waals surface area (Å²) in [5, 5.41) is -3.92. The highest BCUT2D eigenvalue weighted by atomic mass is 32.2. The largest absolute Gasteiger partial charge is 0.253 e. The molecule has 0 bridgehead atoms. The molecule has 0 heterocycles. The Hall–Kier alpha value is 0.01000. The summed E-state index contributed by atoms with van der Waals surface area (Å²) in [6, 6.07) is 0. The van der Waals surface area contributed by atoms with Gasteiger partial charge in [-0.15, -0.1) is 0 Å². The average Bonchev–Trinajstić information content (AvgIpc) is 1.59. The molecule has 0 saturated heterocycles. The minimum absolute atomic E-state index is 1.10. The zero-order valence-corrected chi connectivity index (χ0v) is 7.39. The van der Waals surface area contributed by atoms with Gasteiger partial charge < -0.3 is 0 Å². The van der Waals surface area contributed by atoms with Crippen LogP contribution in [0.1, 0.15) is 27.7 Å². The predicted molar refractivity (Wildman–Crippen MR) is 38.5 cm³/mol. The fourth-order valence-corrected chi connectivity index (χ4v) is 1.73. The summed E-state index contributed by atoms with van der Waals surface area (Å²) in [6.45, 7) is 4.41. The highest BCUT2D eigenvalue weighted by molar-refractivity contribution is 7.87. The minimum atomic E-state index is -2.09. The second kappa shape index (κ2) is 2.57. The molecule has 0 aliphatic rings. The maximum absolute atomic E-state index is 12.7. The van der Waals surface area contributed by atoms with Gasteiger partial charge in [-0.25, -0.2) is 8.78 Å². The Morgan fingerprint density at radius 3 is 1.20 bits per heavy atom. The van der Waals surface area contributed by atoms with Gasteiger partial charge in [-0.3, -0.25) is 4.21 Å². The van der Waals surface area contributed by atoms with E-state index in [4.69, 9.17) is 0 Å². The van der Waals surface area contributed by atoms with Gasteiger partial charge >= 0.3 is 0 Å². The second-order valence-electron chi connectivity index (χ2n) is 3.00. The van der Waals surface area contributed by atoms with Gasteiger partial charge in [0.2, 0.25) is 0 Å². The Balaban J connectivity index is 4.40. The first kappa shape index (κ1) is 10.0. The predicted octanol–water partition coefficient (Wildman–Crippen LogP) is 2.15. The molecule has 0 radical (unpaired) electrons. The van der Waals surface area contributed by atoms with Crippen LogP contribution in [-0.4, -0.2) is 14.2 Å². The van der Waals surface area contributed by atoms with Crippen LogP contribution in [0.25, 0.3) is 0 Å². The van der Waals surface area contributed by atoms with Crippen LogP contribution < -0.4 is 0 Å². The maximum atomic E-state index is 12.7. The standard InChI is InChI=1S/C6H12F2OS/c1-5(2,7)10(9)6(3,4)8/h1-4H3. The van der Waals surface area contributed by atoms with Crippen molar-refractivity contribution in [3.63, 3.8) is 0 Å². The van der Waals surface area contributed by atoms with Crippen molar-refractivity contribution in [1.82, 2.24) is 0 Å². The molecule has 0 saturated carbocycles. The molecule has 4 heteroatoms. The van der Waals surface area contributed by atoms with Gasteiger partial charge in [-0.1, -0.05) is 0 Å². The molecule has 0 aliphatic carbocycles. The Labute approximate surface area is 62.3 Å². The lowest BCUT2D eigenvalue weighted by Crippen LogP contribution is -2.33. The first-order valence-electron chi connectivity index (χ1n) is 2.95. The number of rotatable bonds is 2. The summed E-state index contributed by atoms with van der Waals surface area (Å²) in [5.41, 5.74) is 0. The van der Waals surface area contributed by atoms with Crippen molar-refractivity contribution in [3.8, 4) is 0 Å². The average molecular weight is 170 g/mol. The molecule has 0 amide bonds. The van der Waals surface area contributed by atoms with E-state index >= 15 is 0 Å². The van der Waals surface area contributed by atoms with Crippen molar-refractivity contribution >= 4 is 10.8 Å². The van der Waals surface area contributed by atoms with E-state index in [9.17, 15) is 13.0 Å². The summed E-state index contributed by atoms with van der Waals surface area (Å²) in [5.74, 6) is 0.